The summed E-state index contributed by atoms with van der Waals surface area (Å²) in [4.78, 5) is 0. The molecule has 1 aliphatic rings. The maximum Gasteiger partial charge on any atom is 0.168 e. The molecule has 0 radical (unpaired) electrons. The first-order valence-electron chi connectivity index (χ1n) is 7.68. The third-order valence-electron chi connectivity index (χ3n) is 4.60. The standard InChI is InChI=1S/C17H26FNO/c1-3-5-13-8-10-17(19,11-9-13)12-14-6-4-7-15(20-2)16(14)18/h4,6-7,13H,3,5,8-12,19H2,1-2H3. The lowest BCUT2D eigenvalue weighted by Gasteiger charge is -2.37. The molecule has 0 saturated heterocycles. The smallest absolute Gasteiger partial charge is 0.168 e. The average Bonchev–Trinajstić information content (AvgIpc) is 2.44. The van der Waals surface area contributed by atoms with Gasteiger partial charge in [0.15, 0.2) is 11.6 Å². The van der Waals surface area contributed by atoms with Gasteiger partial charge in [-0.3, -0.25) is 0 Å². The maximum atomic E-state index is 14.2. The van der Waals surface area contributed by atoms with E-state index in [-0.39, 0.29) is 11.4 Å². The molecule has 0 spiro atoms. The second-order valence-corrected chi connectivity index (χ2v) is 6.20. The van der Waals surface area contributed by atoms with Gasteiger partial charge in [0.05, 0.1) is 7.11 Å². The lowest BCUT2D eigenvalue weighted by atomic mass is 9.73. The van der Waals surface area contributed by atoms with E-state index in [0.717, 1.165) is 18.8 Å². The van der Waals surface area contributed by atoms with Crippen LogP contribution in [0, 0.1) is 11.7 Å². The third-order valence-corrected chi connectivity index (χ3v) is 4.60. The van der Waals surface area contributed by atoms with Crippen LogP contribution in [0.3, 0.4) is 0 Å². The molecule has 20 heavy (non-hydrogen) atoms. The van der Waals surface area contributed by atoms with Crippen LogP contribution in [0.5, 0.6) is 5.75 Å². The van der Waals surface area contributed by atoms with Gasteiger partial charge in [-0.05, 0) is 49.7 Å². The van der Waals surface area contributed by atoms with Crippen LogP contribution in [0.4, 0.5) is 4.39 Å². The highest BCUT2D eigenvalue weighted by atomic mass is 19.1. The molecule has 1 aromatic rings. The Morgan fingerprint density at radius 1 is 1.35 bits per heavy atom. The van der Waals surface area contributed by atoms with Crippen LogP contribution in [0.2, 0.25) is 0 Å². The minimum Gasteiger partial charge on any atom is -0.494 e. The van der Waals surface area contributed by atoms with Crippen molar-refractivity contribution < 1.29 is 9.13 Å². The van der Waals surface area contributed by atoms with Gasteiger partial charge < -0.3 is 10.5 Å². The fourth-order valence-electron chi connectivity index (χ4n) is 3.36. The largest absolute Gasteiger partial charge is 0.494 e. The number of rotatable bonds is 5. The van der Waals surface area contributed by atoms with Crippen LogP contribution in [0.15, 0.2) is 18.2 Å². The van der Waals surface area contributed by atoms with Gasteiger partial charge in [0.2, 0.25) is 0 Å². The number of hydrogen-bond donors (Lipinski definition) is 1. The van der Waals surface area contributed by atoms with Gasteiger partial charge >= 0.3 is 0 Å². The van der Waals surface area contributed by atoms with Gasteiger partial charge in [-0.2, -0.15) is 0 Å². The van der Waals surface area contributed by atoms with Crippen LogP contribution in [-0.2, 0) is 6.42 Å². The molecular formula is C17H26FNO. The molecule has 0 atom stereocenters. The van der Waals surface area contributed by atoms with E-state index in [4.69, 9.17) is 10.5 Å². The zero-order valence-corrected chi connectivity index (χ0v) is 12.6. The molecule has 1 aliphatic carbocycles. The van der Waals surface area contributed by atoms with E-state index < -0.39 is 0 Å². The molecule has 1 aromatic carbocycles. The van der Waals surface area contributed by atoms with Crippen molar-refractivity contribution in [2.24, 2.45) is 11.7 Å². The second-order valence-electron chi connectivity index (χ2n) is 6.20. The van der Waals surface area contributed by atoms with Crippen molar-refractivity contribution >= 4 is 0 Å². The summed E-state index contributed by atoms with van der Waals surface area (Å²) in [6, 6.07) is 5.31. The molecule has 2 nitrogen and oxygen atoms in total. The number of hydrogen-bond acceptors (Lipinski definition) is 2. The monoisotopic (exact) mass is 279 g/mol. The summed E-state index contributed by atoms with van der Waals surface area (Å²) in [5, 5.41) is 0. The lowest BCUT2D eigenvalue weighted by Crippen LogP contribution is -2.45. The summed E-state index contributed by atoms with van der Waals surface area (Å²) in [5.41, 5.74) is 6.93. The van der Waals surface area contributed by atoms with Crippen molar-refractivity contribution in [3.63, 3.8) is 0 Å². The van der Waals surface area contributed by atoms with E-state index in [1.807, 2.05) is 12.1 Å². The molecule has 0 unspecified atom stereocenters. The molecule has 3 heteroatoms. The Bertz CT molecular complexity index is 439. The minimum atomic E-state index is -0.254. The molecule has 0 aromatic heterocycles. The van der Waals surface area contributed by atoms with E-state index in [1.165, 1.54) is 32.8 Å². The Balaban J connectivity index is 2.03. The average molecular weight is 279 g/mol. The van der Waals surface area contributed by atoms with Gasteiger partial charge in [0.25, 0.3) is 0 Å². The zero-order valence-electron chi connectivity index (χ0n) is 12.6. The summed E-state index contributed by atoms with van der Waals surface area (Å²) in [6.45, 7) is 2.23. The summed E-state index contributed by atoms with van der Waals surface area (Å²) >= 11 is 0. The fourth-order valence-corrected chi connectivity index (χ4v) is 3.36. The first kappa shape index (κ1) is 15.3. The van der Waals surface area contributed by atoms with Gasteiger partial charge in [0.1, 0.15) is 0 Å². The number of halogens is 1. The van der Waals surface area contributed by atoms with Gasteiger partial charge in [-0.1, -0.05) is 31.9 Å². The highest BCUT2D eigenvalue weighted by Crippen LogP contribution is 2.36. The van der Waals surface area contributed by atoms with Crippen molar-refractivity contribution in [3.05, 3.63) is 29.6 Å². The molecule has 0 amide bonds. The quantitative estimate of drug-likeness (QED) is 0.882. The van der Waals surface area contributed by atoms with Gasteiger partial charge in [-0.15, -0.1) is 0 Å². The summed E-state index contributed by atoms with van der Waals surface area (Å²) in [5.74, 6) is 0.869. The van der Waals surface area contributed by atoms with Gasteiger partial charge in [-0.25, -0.2) is 4.39 Å². The third kappa shape index (κ3) is 3.51. The van der Waals surface area contributed by atoms with Crippen molar-refractivity contribution in [2.75, 3.05) is 7.11 Å². The van der Waals surface area contributed by atoms with Crippen LogP contribution >= 0.6 is 0 Å². The highest BCUT2D eigenvalue weighted by Gasteiger charge is 2.32. The molecule has 2 N–H and O–H groups in total. The van der Waals surface area contributed by atoms with Crippen molar-refractivity contribution in [3.8, 4) is 5.75 Å². The van der Waals surface area contributed by atoms with E-state index >= 15 is 0 Å². The Kier molecular flexibility index (Phi) is 5.03. The van der Waals surface area contributed by atoms with E-state index in [9.17, 15) is 4.39 Å². The highest BCUT2D eigenvalue weighted by molar-refractivity contribution is 5.32. The fraction of sp³-hybridized carbons (Fsp3) is 0.647. The molecule has 0 aliphatic heterocycles. The predicted molar refractivity (Wildman–Crippen MR) is 80.4 cm³/mol. The second kappa shape index (κ2) is 6.57. The molecule has 1 saturated carbocycles. The maximum absolute atomic E-state index is 14.2. The van der Waals surface area contributed by atoms with Crippen LogP contribution < -0.4 is 10.5 Å². The zero-order chi connectivity index (χ0) is 14.6. The van der Waals surface area contributed by atoms with Crippen LogP contribution in [-0.4, -0.2) is 12.6 Å². The minimum absolute atomic E-state index is 0.253. The normalized spacial score (nSPS) is 26.5. The molecule has 2 rings (SSSR count). The Labute approximate surface area is 121 Å². The number of ether oxygens (including phenoxy) is 1. The topological polar surface area (TPSA) is 35.2 Å². The van der Waals surface area contributed by atoms with E-state index in [2.05, 4.69) is 6.92 Å². The van der Waals surface area contributed by atoms with Crippen LogP contribution in [0.1, 0.15) is 51.0 Å². The summed E-state index contributed by atoms with van der Waals surface area (Å²) < 4.78 is 19.3. The Hall–Kier alpha value is -1.09. The van der Waals surface area contributed by atoms with E-state index in [0.29, 0.717) is 17.7 Å². The number of benzene rings is 1. The number of methoxy groups -OCH3 is 1. The van der Waals surface area contributed by atoms with Crippen LogP contribution in [0.25, 0.3) is 0 Å². The van der Waals surface area contributed by atoms with Crippen molar-refractivity contribution in [1.82, 2.24) is 0 Å². The SMILES string of the molecule is CCCC1CCC(N)(Cc2cccc(OC)c2F)CC1. The first-order valence-corrected chi connectivity index (χ1v) is 7.68. The summed E-state index contributed by atoms with van der Waals surface area (Å²) in [7, 11) is 1.50. The predicted octanol–water partition coefficient (Wildman–Crippen LogP) is 4.06. The molecular weight excluding hydrogens is 253 g/mol. The molecule has 1 fully saturated rings. The molecule has 0 heterocycles. The summed E-state index contributed by atoms with van der Waals surface area (Å²) in [6.07, 6.45) is 7.49. The number of nitrogens with two attached hydrogens (primary N) is 1. The van der Waals surface area contributed by atoms with Gasteiger partial charge in [0, 0.05) is 5.54 Å². The first-order chi connectivity index (χ1) is 9.58. The Morgan fingerprint density at radius 3 is 2.65 bits per heavy atom. The Morgan fingerprint density at radius 2 is 2.05 bits per heavy atom. The lowest BCUT2D eigenvalue weighted by molar-refractivity contribution is 0.221. The molecule has 112 valence electrons. The van der Waals surface area contributed by atoms with Crippen molar-refractivity contribution in [1.29, 1.82) is 0 Å². The molecule has 0 bridgehead atoms. The van der Waals surface area contributed by atoms with E-state index in [1.54, 1.807) is 6.07 Å². The van der Waals surface area contributed by atoms with Crippen molar-refractivity contribution in [2.45, 2.75) is 57.4 Å².